The van der Waals surface area contributed by atoms with Gasteiger partial charge in [-0.15, -0.1) is 0 Å². The summed E-state index contributed by atoms with van der Waals surface area (Å²) in [7, 11) is 0. The number of unbranched alkanes of at least 4 members (excludes halogenated alkanes) is 3. The lowest BCUT2D eigenvalue weighted by molar-refractivity contribution is 0.475. The Morgan fingerprint density at radius 3 is 2.11 bits per heavy atom. The molecule has 0 spiro atoms. The zero-order chi connectivity index (χ0) is 31.2. The van der Waals surface area contributed by atoms with Gasteiger partial charge < -0.3 is 14.1 Å². The number of fused-ring (bicyclic) bond motifs is 7. The van der Waals surface area contributed by atoms with Crippen molar-refractivity contribution >= 4 is 51.0 Å². The third-order valence-corrected chi connectivity index (χ3v) is 10.2. The highest BCUT2D eigenvalue weighted by molar-refractivity contribution is 6.92. The number of benzene rings is 5. The van der Waals surface area contributed by atoms with Crippen molar-refractivity contribution in [3.05, 3.63) is 114 Å². The average molecular weight is 603 g/mol. The molecule has 0 N–H and O–H groups in total. The highest BCUT2D eigenvalue weighted by Gasteiger charge is 2.43. The number of hydrogen-bond acceptors (Lipinski definition) is 2. The maximum absolute atomic E-state index is 6.99. The summed E-state index contributed by atoms with van der Waals surface area (Å²) in [5, 5.41) is 2.63. The lowest BCUT2D eigenvalue weighted by Crippen LogP contribution is -2.59. The molecule has 1 aromatic heterocycles. The lowest BCUT2D eigenvalue weighted by Gasteiger charge is -2.42. The Balaban J connectivity index is 1.46. The van der Waals surface area contributed by atoms with Crippen LogP contribution in [0.1, 0.15) is 76.0 Å². The van der Waals surface area contributed by atoms with Gasteiger partial charge in [0.1, 0.15) is 5.75 Å². The lowest BCUT2D eigenvalue weighted by atomic mass is 9.46. The summed E-state index contributed by atoms with van der Waals surface area (Å²) in [6, 6.07) is 36.5. The van der Waals surface area contributed by atoms with Crippen molar-refractivity contribution in [2.45, 2.75) is 78.6 Å². The number of rotatable bonds is 10. The second-order valence-corrected chi connectivity index (χ2v) is 13.2. The van der Waals surface area contributed by atoms with Crippen molar-refractivity contribution in [2.24, 2.45) is 0 Å². The standard InChI is InChI=1S/C42H43BN2O/c1-4-7-16-29-27-31(18-9-6-3)41-39(28-29)46-38-26-14-19-30(17-8-5-2)40(38)45(41)43-34-22-11-13-25-37(34)44-36-24-12-10-20-32(36)33-21-15-23-35(43)42(33)44/h10-15,19-28H,4-9,16-18H2,1-3H3. The predicted molar refractivity (Wildman–Crippen MR) is 197 cm³/mol. The molecule has 0 fully saturated rings. The normalized spacial score (nSPS) is 13.1. The van der Waals surface area contributed by atoms with Gasteiger partial charge in [0.15, 0.2) is 5.75 Å². The summed E-state index contributed by atoms with van der Waals surface area (Å²) in [5.74, 6) is 1.99. The minimum Gasteiger partial charge on any atom is -0.453 e. The van der Waals surface area contributed by atoms with Crippen LogP contribution in [0.3, 0.4) is 0 Å². The maximum atomic E-state index is 6.99. The summed E-state index contributed by atoms with van der Waals surface area (Å²) < 4.78 is 9.51. The van der Waals surface area contributed by atoms with Gasteiger partial charge in [0.05, 0.1) is 22.4 Å². The molecule has 0 saturated carbocycles. The first-order valence-corrected chi connectivity index (χ1v) is 17.6. The van der Waals surface area contributed by atoms with Crippen LogP contribution < -0.4 is 20.5 Å². The third-order valence-electron chi connectivity index (χ3n) is 10.2. The number of para-hydroxylation sites is 4. The van der Waals surface area contributed by atoms with E-state index in [0.717, 1.165) is 50.0 Å². The summed E-state index contributed by atoms with van der Waals surface area (Å²) in [6.07, 6.45) is 10.2. The van der Waals surface area contributed by atoms with Crippen molar-refractivity contribution in [2.75, 3.05) is 4.81 Å². The van der Waals surface area contributed by atoms with Crippen LogP contribution in [0.4, 0.5) is 11.4 Å². The molecular weight excluding hydrogens is 559 g/mol. The van der Waals surface area contributed by atoms with E-state index in [0.29, 0.717) is 0 Å². The number of hydrogen-bond donors (Lipinski definition) is 0. The smallest absolute Gasteiger partial charge is 0.332 e. The van der Waals surface area contributed by atoms with Gasteiger partial charge in [0.25, 0.3) is 0 Å². The minimum absolute atomic E-state index is 0.00255. The molecule has 46 heavy (non-hydrogen) atoms. The maximum Gasteiger partial charge on any atom is 0.332 e. The van der Waals surface area contributed by atoms with Gasteiger partial charge in [-0.05, 0) is 90.4 Å². The van der Waals surface area contributed by atoms with Gasteiger partial charge in [-0.3, -0.25) is 0 Å². The quantitative estimate of drug-likeness (QED) is 0.145. The zero-order valence-electron chi connectivity index (χ0n) is 27.5. The largest absolute Gasteiger partial charge is 0.453 e. The van der Waals surface area contributed by atoms with Crippen molar-refractivity contribution in [1.82, 2.24) is 4.57 Å². The Labute approximate surface area is 273 Å². The number of nitrogens with zero attached hydrogens (tertiary/aromatic N) is 2. The molecule has 0 atom stereocenters. The van der Waals surface area contributed by atoms with Crippen molar-refractivity contribution < 1.29 is 4.74 Å². The number of aromatic nitrogens is 1. The molecule has 0 amide bonds. The first-order chi connectivity index (χ1) is 22.7. The first kappa shape index (κ1) is 29.0. The summed E-state index contributed by atoms with van der Waals surface area (Å²) in [4.78, 5) is 2.71. The van der Waals surface area contributed by atoms with Crippen LogP contribution in [0.15, 0.2) is 97.1 Å². The van der Waals surface area contributed by atoms with Crippen LogP contribution in [0, 0.1) is 0 Å². The van der Waals surface area contributed by atoms with E-state index in [1.54, 1.807) is 0 Å². The fraction of sp³-hybridized carbons (Fsp3) is 0.286. The van der Waals surface area contributed by atoms with Gasteiger partial charge in [0, 0.05) is 16.5 Å². The zero-order valence-corrected chi connectivity index (χ0v) is 27.5. The molecule has 0 bridgehead atoms. The van der Waals surface area contributed by atoms with E-state index in [-0.39, 0.29) is 6.85 Å². The molecule has 3 heterocycles. The summed E-state index contributed by atoms with van der Waals surface area (Å²) in [5.41, 5.74) is 13.2. The fourth-order valence-electron chi connectivity index (χ4n) is 8.03. The number of ether oxygens (including phenoxy) is 1. The SMILES string of the molecule is CCCCc1cc(CCCC)c2c(c1)Oc1cccc(CCCC)c1N2B1c2ccccc2-n2c3ccccc3c3cccc1c32. The van der Waals surface area contributed by atoms with E-state index in [1.165, 1.54) is 85.7 Å². The molecule has 230 valence electrons. The monoisotopic (exact) mass is 602 g/mol. The van der Waals surface area contributed by atoms with E-state index >= 15 is 0 Å². The van der Waals surface area contributed by atoms with E-state index in [4.69, 9.17) is 4.74 Å². The molecule has 2 aliphatic rings. The van der Waals surface area contributed by atoms with Crippen LogP contribution in [0.25, 0.3) is 27.5 Å². The Morgan fingerprint density at radius 1 is 0.587 bits per heavy atom. The van der Waals surface area contributed by atoms with Crippen molar-refractivity contribution in [1.29, 1.82) is 0 Å². The molecule has 0 aliphatic carbocycles. The van der Waals surface area contributed by atoms with Gasteiger partial charge in [-0.25, -0.2) is 0 Å². The highest BCUT2D eigenvalue weighted by atomic mass is 16.5. The van der Waals surface area contributed by atoms with Crippen LogP contribution >= 0.6 is 0 Å². The van der Waals surface area contributed by atoms with Crippen LogP contribution in [0.5, 0.6) is 11.5 Å². The number of anilines is 2. The molecule has 0 saturated heterocycles. The molecule has 0 unspecified atom stereocenters. The Hall–Kier alpha value is -4.44. The molecule has 6 aromatic rings. The number of aryl methyl sites for hydroxylation is 3. The molecular formula is C42H43BN2O. The summed E-state index contributed by atoms with van der Waals surface area (Å²) in [6.45, 7) is 6.87. The Kier molecular flexibility index (Phi) is 7.60. The minimum atomic E-state index is 0.00255. The van der Waals surface area contributed by atoms with Crippen LogP contribution in [0.2, 0.25) is 0 Å². The van der Waals surface area contributed by atoms with Crippen molar-refractivity contribution in [3.8, 4) is 17.2 Å². The van der Waals surface area contributed by atoms with Gasteiger partial charge in [-0.2, -0.15) is 0 Å². The molecule has 8 rings (SSSR count). The highest BCUT2D eigenvalue weighted by Crippen LogP contribution is 2.52. The average Bonchev–Trinajstić information content (AvgIpc) is 3.44. The van der Waals surface area contributed by atoms with Gasteiger partial charge in [-0.1, -0.05) is 113 Å². The predicted octanol–water partition coefficient (Wildman–Crippen LogP) is 10.2. The molecule has 2 aliphatic heterocycles. The van der Waals surface area contributed by atoms with Crippen LogP contribution in [-0.2, 0) is 19.3 Å². The Bertz CT molecular complexity index is 2070. The Morgan fingerprint density at radius 2 is 1.26 bits per heavy atom. The second kappa shape index (κ2) is 12.1. The summed E-state index contributed by atoms with van der Waals surface area (Å²) >= 11 is 0. The molecule has 5 aromatic carbocycles. The molecule has 0 radical (unpaired) electrons. The first-order valence-electron chi connectivity index (χ1n) is 17.6. The molecule has 3 nitrogen and oxygen atoms in total. The second-order valence-electron chi connectivity index (χ2n) is 13.2. The van der Waals surface area contributed by atoms with Crippen molar-refractivity contribution in [3.63, 3.8) is 0 Å². The van der Waals surface area contributed by atoms with Gasteiger partial charge >= 0.3 is 6.85 Å². The van der Waals surface area contributed by atoms with E-state index in [9.17, 15) is 0 Å². The third kappa shape index (κ3) is 4.56. The van der Waals surface area contributed by atoms with Gasteiger partial charge in [0.2, 0.25) is 0 Å². The topological polar surface area (TPSA) is 17.4 Å². The van der Waals surface area contributed by atoms with E-state index in [1.807, 2.05) is 0 Å². The van der Waals surface area contributed by atoms with Crippen LogP contribution in [-0.4, -0.2) is 11.4 Å². The molecule has 4 heteroatoms. The fourth-order valence-corrected chi connectivity index (χ4v) is 8.03. The van der Waals surface area contributed by atoms with E-state index < -0.39 is 0 Å². The van der Waals surface area contributed by atoms with E-state index in [2.05, 4.69) is 127 Å².